The fourth-order valence-electron chi connectivity index (χ4n) is 9.67. The Kier molecular flexibility index (Phi) is 9.56. The topological polar surface area (TPSA) is 3.24 Å². The molecule has 0 heterocycles. The maximum Gasteiger partial charge on any atom is 0.0464 e. The molecule has 8 rings (SSSR count). The third-order valence-corrected chi connectivity index (χ3v) is 12.5. The molecule has 0 saturated heterocycles. The van der Waals surface area contributed by atoms with Crippen LogP contribution in [0.4, 0.5) is 17.1 Å². The zero-order valence-electron chi connectivity index (χ0n) is 32.4. The first-order valence-electron chi connectivity index (χ1n) is 20.1. The summed E-state index contributed by atoms with van der Waals surface area (Å²) in [6, 6.07) is 31.0. The van der Waals surface area contributed by atoms with Gasteiger partial charge >= 0.3 is 0 Å². The van der Waals surface area contributed by atoms with E-state index in [4.69, 9.17) is 0 Å². The predicted molar refractivity (Wildman–Crippen MR) is 225 cm³/mol. The van der Waals surface area contributed by atoms with Crippen molar-refractivity contribution in [2.24, 2.45) is 0 Å². The van der Waals surface area contributed by atoms with E-state index in [2.05, 4.69) is 137 Å². The molecule has 264 valence electrons. The van der Waals surface area contributed by atoms with Crippen LogP contribution in [0.15, 0.2) is 96.6 Å². The Hall–Kier alpha value is -4.62. The molecule has 0 aromatic heterocycles. The number of hydrogen-bond donors (Lipinski definition) is 0. The molecular formula is C51H55N. The normalized spacial score (nSPS) is 15.4. The first-order chi connectivity index (χ1) is 25.3. The van der Waals surface area contributed by atoms with E-state index in [1.807, 2.05) is 0 Å². The average Bonchev–Trinajstić information content (AvgIpc) is 3.16. The van der Waals surface area contributed by atoms with E-state index in [1.54, 1.807) is 27.8 Å². The molecule has 0 unspecified atom stereocenters. The number of nitrogens with zero attached hydrogens (tertiary/aromatic N) is 1. The second-order valence-corrected chi connectivity index (χ2v) is 15.8. The molecule has 0 aliphatic heterocycles. The molecule has 1 nitrogen and oxygen atoms in total. The van der Waals surface area contributed by atoms with Crippen molar-refractivity contribution in [1.82, 2.24) is 0 Å². The fraction of sp³-hybridized carbons (Fsp3) is 0.333. The van der Waals surface area contributed by atoms with Gasteiger partial charge in [0.15, 0.2) is 0 Å². The minimum absolute atomic E-state index is 1.11. The van der Waals surface area contributed by atoms with Crippen molar-refractivity contribution in [3.63, 3.8) is 0 Å². The highest BCUT2D eigenvalue weighted by Crippen LogP contribution is 2.43. The monoisotopic (exact) mass is 681 g/mol. The summed E-state index contributed by atoms with van der Waals surface area (Å²) in [4.78, 5) is 2.49. The van der Waals surface area contributed by atoms with Crippen LogP contribution in [0.2, 0.25) is 0 Å². The van der Waals surface area contributed by atoms with Crippen LogP contribution < -0.4 is 4.90 Å². The lowest BCUT2D eigenvalue weighted by atomic mass is 9.82. The number of rotatable bonds is 7. The Morgan fingerprint density at radius 3 is 1.31 bits per heavy atom. The standard InChI is InChI=1S/C51H55N/c1-7-38-14-8-9-17-47(38)44-27-22-39(30-35(44)4)52(40-23-28-45(36(5)31-40)50-25-20-33(2)42-15-10-12-18-48(42)50)41-24-29-46(37(6)32-41)51-26-21-34(3)43-16-11-13-19-49(43)51/h9,17,20-32H,7-8,10-16,18-19H2,1-6H3. The third kappa shape index (κ3) is 6.27. The largest absolute Gasteiger partial charge is 0.310 e. The molecule has 0 spiro atoms. The van der Waals surface area contributed by atoms with E-state index in [1.165, 1.54) is 136 Å². The quantitative estimate of drug-likeness (QED) is 0.165. The molecule has 0 radical (unpaired) electrons. The van der Waals surface area contributed by atoms with Crippen molar-refractivity contribution in [3.05, 3.63) is 152 Å². The number of anilines is 3. The van der Waals surface area contributed by atoms with Crippen molar-refractivity contribution < 1.29 is 0 Å². The molecule has 0 bridgehead atoms. The Labute approximate surface area is 313 Å². The zero-order chi connectivity index (χ0) is 35.9. The van der Waals surface area contributed by atoms with Gasteiger partial charge in [0, 0.05) is 17.1 Å². The number of fused-ring (bicyclic) bond motifs is 2. The van der Waals surface area contributed by atoms with Crippen LogP contribution in [0.3, 0.4) is 0 Å². The van der Waals surface area contributed by atoms with Gasteiger partial charge in [-0.15, -0.1) is 0 Å². The van der Waals surface area contributed by atoms with Gasteiger partial charge in [0.05, 0.1) is 0 Å². The van der Waals surface area contributed by atoms with Gasteiger partial charge in [0.2, 0.25) is 0 Å². The molecule has 3 aliphatic rings. The first-order valence-corrected chi connectivity index (χ1v) is 20.1. The Bertz CT molecular complexity index is 2130. The number of allylic oxidation sites excluding steroid dienone is 4. The second-order valence-electron chi connectivity index (χ2n) is 15.8. The van der Waals surface area contributed by atoms with Crippen LogP contribution >= 0.6 is 0 Å². The summed E-state index contributed by atoms with van der Waals surface area (Å²) >= 11 is 0. The summed E-state index contributed by atoms with van der Waals surface area (Å²) in [6.45, 7) is 13.8. The maximum absolute atomic E-state index is 2.49. The van der Waals surface area contributed by atoms with E-state index in [0.717, 1.165) is 12.8 Å². The lowest BCUT2D eigenvalue weighted by molar-refractivity contribution is 0.683. The molecule has 0 saturated carbocycles. The molecule has 52 heavy (non-hydrogen) atoms. The summed E-state index contributed by atoms with van der Waals surface area (Å²) in [5.74, 6) is 0. The summed E-state index contributed by atoms with van der Waals surface area (Å²) in [5, 5.41) is 0. The fourth-order valence-corrected chi connectivity index (χ4v) is 9.67. The van der Waals surface area contributed by atoms with Gasteiger partial charge in [-0.3, -0.25) is 0 Å². The van der Waals surface area contributed by atoms with Crippen molar-refractivity contribution in [2.75, 3.05) is 4.90 Å². The maximum atomic E-state index is 2.49. The SMILES string of the molecule is CCC1=C(c2ccc(N(c3ccc(-c4ccc(C)c5c4CCCC5)c(C)c3)c3ccc(-c4ccc(C)c5c4CCCC5)c(C)c3)cc2C)C=CCC1. The van der Waals surface area contributed by atoms with E-state index in [9.17, 15) is 0 Å². The minimum Gasteiger partial charge on any atom is -0.310 e. The minimum atomic E-state index is 1.11. The van der Waals surface area contributed by atoms with E-state index in [-0.39, 0.29) is 0 Å². The molecule has 3 aliphatic carbocycles. The van der Waals surface area contributed by atoms with Gasteiger partial charge in [-0.1, -0.05) is 67.1 Å². The van der Waals surface area contributed by atoms with Gasteiger partial charge in [-0.05, 0) is 225 Å². The Morgan fingerprint density at radius 1 is 0.442 bits per heavy atom. The smallest absolute Gasteiger partial charge is 0.0464 e. The van der Waals surface area contributed by atoms with Crippen molar-refractivity contribution in [1.29, 1.82) is 0 Å². The number of aryl methyl sites for hydroxylation is 5. The van der Waals surface area contributed by atoms with E-state index < -0.39 is 0 Å². The Balaban J connectivity index is 1.24. The zero-order valence-corrected chi connectivity index (χ0v) is 32.4. The highest BCUT2D eigenvalue weighted by molar-refractivity contribution is 5.86. The van der Waals surface area contributed by atoms with Crippen LogP contribution in [0.5, 0.6) is 0 Å². The van der Waals surface area contributed by atoms with Crippen LogP contribution in [0, 0.1) is 34.6 Å². The third-order valence-electron chi connectivity index (χ3n) is 12.5. The van der Waals surface area contributed by atoms with Gasteiger partial charge in [-0.2, -0.15) is 0 Å². The molecule has 5 aromatic carbocycles. The number of benzene rings is 5. The summed E-state index contributed by atoms with van der Waals surface area (Å²) in [6.07, 6.45) is 18.1. The van der Waals surface area contributed by atoms with Crippen molar-refractivity contribution in [3.8, 4) is 22.3 Å². The molecule has 0 fully saturated rings. The van der Waals surface area contributed by atoms with Gasteiger partial charge < -0.3 is 4.90 Å². The highest BCUT2D eigenvalue weighted by Gasteiger charge is 2.22. The predicted octanol–water partition coefficient (Wildman–Crippen LogP) is 14.3. The van der Waals surface area contributed by atoms with Gasteiger partial charge in [0.25, 0.3) is 0 Å². The molecule has 1 heteroatoms. The molecule has 0 amide bonds. The van der Waals surface area contributed by atoms with Crippen LogP contribution in [0.25, 0.3) is 27.8 Å². The number of hydrogen-bond acceptors (Lipinski definition) is 1. The van der Waals surface area contributed by atoms with E-state index >= 15 is 0 Å². The summed E-state index contributed by atoms with van der Waals surface area (Å²) < 4.78 is 0. The van der Waals surface area contributed by atoms with Crippen LogP contribution in [0.1, 0.15) is 108 Å². The molecule has 0 atom stereocenters. The molecule has 5 aromatic rings. The summed E-state index contributed by atoms with van der Waals surface area (Å²) in [5.41, 5.74) is 26.8. The summed E-state index contributed by atoms with van der Waals surface area (Å²) in [7, 11) is 0. The van der Waals surface area contributed by atoms with Gasteiger partial charge in [-0.25, -0.2) is 0 Å². The van der Waals surface area contributed by atoms with Gasteiger partial charge in [0.1, 0.15) is 0 Å². The average molecular weight is 682 g/mol. The first kappa shape index (κ1) is 34.5. The second kappa shape index (κ2) is 14.4. The van der Waals surface area contributed by atoms with E-state index in [0.29, 0.717) is 0 Å². The van der Waals surface area contributed by atoms with Crippen LogP contribution in [-0.2, 0) is 25.7 Å². The lowest BCUT2D eigenvalue weighted by Gasteiger charge is -2.29. The van der Waals surface area contributed by atoms with Crippen molar-refractivity contribution in [2.45, 2.75) is 112 Å². The molecular weight excluding hydrogens is 627 g/mol. The Morgan fingerprint density at radius 2 is 0.865 bits per heavy atom. The van der Waals surface area contributed by atoms with Crippen molar-refractivity contribution >= 4 is 22.6 Å². The lowest BCUT2D eigenvalue weighted by Crippen LogP contribution is -2.12. The highest BCUT2D eigenvalue weighted by atomic mass is 15.1. The molecule has 0 N–H and O–H groups in total. The van der Waals surface area contributed by atoms with Crippen LogP contribution in [-0.4, -0.2) is 0 Å².